The molecule has 1 N–H and O–H groups in total. The Labute approximate surface area is 186 Å². The number of ether oxygens (including phenoxy) is 3. The van der Waals surface area contributed by atoms with Crippen molar-refractivity contribution in [2.24, 2.45) is 11.3 Å². The molecular formula is C26H37NO4. The van der Waals surface area contributed by atoms with Gasteiger partial charge < -0.3 is 24.2 Å². The molecule has 31 heavy (non-hydrogen) atoms. The fraction of sp³-hybridized carbons (Fsp3) is 0.769. The van der Waals surface area contributed by atoms with Crippen LogP contribution in [0, 0.1) is 11.3 Å². The van der Waals surface area contributed by atoms with Gasteiger partial charge in [-0.1, -0.05) is 19.4 Å². The van der Waals surface area contributed by atoms with E-state index in [1.807, 2.05) is 14.0 Å². The zero-order chi connectivity index (χ0) is 21.8. The molecule has 6 aliphatic rings. The number of hydrogen-bond acceptors (Lipinski definition) is 5. The van der Waals surface area contributed by atoms with E-state index < -0.39 is 11.2 Å². The average Bonchev–Trinajstić information content (AvgIpc) is 3.13. The molecule has 3 unspecified atom stereocenters. The highest BCUT2D eigenvalue weighted by atomic mass is 16.6. The van der Waals surface area contributed by atoms with Crippen LogP contribution in [-0.4, -0.2) is 61.2 Å². The molecule has 0 radical (unpaired) electrons. The average molecular weight is 428 g/mol. The Morgan fingerprint density at radius 1 is 1.26 bits per heavy atom. The summed E-state index contributed by atoms with van der Waals surface area (Å²) in [5.74, 6) is 1.86. The van der Waals surface area contributed by atoms with Gasteiger partial charge in [0.05, 0.1) is 12.7 Å². The van der Waals surface area contributed by atoms with Crippen LogP contribution < -0.4 is 9.47 Å². The Balaban J connectivity index is 1.64. The Hall–Kier alpha value is -1.30. The zero-order valence-electron chi connectivity index (χ0n) is 19.7. The number of likely N-dealkylation sites (N-methyl/N-ethyl adjacent to an activating group) is 1. The first-order valence-electron chi connectivity index (χ1n) is 12.2. The van der Waals surface area contributed by atoms with Crippen LogP contribution in [0.2, 0.25) is 0 Å². The van der Waals surface area contributed by atoms with Gasteiger partial charge in [-0.2, -0.15) is 0 Å². The molecule has 4 bridgehead atoms. The molecule has 1 aromatic carbocycles. The summed E-state index contributed by atoms with van der Waals surface area (Å²) in [4.78, 5) is 2.60. The first-order chi connectivity index (χ1) is 14.8. The molecule has 4 fully saturated rings. The first kappa shape index (κ1) is 20.3. The molecule has 0 amide bonds. The molecule has 3 saturated carbocycles. The topological polar surface area (TPSA) is 51.2 Å². The van der Waals surface area contributed by atoms with Crippen LogP contribution in [0.3, 0.4) is 0 Å². The van der Waals surface area contributed by atoms with Crippen molar-refractivity contribution in [3.63, 3.8) is 0 Å². The molecule has 1 saturated heterocycles. The number of hydrogen-bond donors (Lipinski definition) is 1. The van der Waals surface area contributed by atoms with Crippen molar-refractivity contribution in [2.75, 3.05) is 27.8 Å². The quantitative estimate of drug-likeness (QED) is 0.777. The van der Waals surface area contributed by atoms with Gasteiger partial charge in [0.15, 0.2) is 11.5 Å². The third kappa shape index (κ3) is 2.06. The van der Waals surface area contributed by atoms with Gasteiger partial charge in [-0.15, -0.1) is 0 Å². The summed E-state index contributed by atoms with van der Waals surface area (Å²) < 4.78 is 19.3. The van der Waals surface area contributed by atoms with Crippen LogP contribution in [0.15, 0.2) is 12.1 Å². The van der Waals surface area contributed by atoms with E-state index >= 15 is 0 Å². The van der Waals surface area contributed by atoms with Crippen LogP contribution in [0.25, 0.3) is 0 Å². The van der Waals surface area contributed by atoms with Crippen molar-refractivity contribution in [1.82, 2.24) is 4.90 Å². The minimum Gasteiger partial charge on any atom is -0.493 e. The molecule has 2 spiro atoms. The number of aliphatic hydroxyl groups is 1. The molecule has 7 rings (SSSR count). The second-order valence-corrected chi connectivity index (χ2v) is 11.2. The number of nitrogens with zero attached hydrogens (tertiary/aromatic N) is 1. The summed E-state index contributed by atoms with van der Waals surface area (Å²) in [7, 11) is 5.90. The van der Waals surface area contributed by atoms with Crippen molar-refractivity contribution in [3.8, 4) is 11.5 Å². The molecule has 5 heteroatoms. The number of rotatable bonds is 5. The van der Waals surface area contributed by atoms with Gasteiger partial charge in [0, 0.05) is 35.5 Å². The van der Waals surface area contributed by atoms with Gasteiger partial charge >= 0.3 is 0 Å². The fourth-order valence-corrected chi connectivity index (χ4v) is 9.24. The summed E-state index contributed by atoms with van der Waals surface area (Å²) in [6.45, 7) is 5.29. The van der Waals surface area contributed by atoms with E-state index in [1.165, 1.54) is 11.1 Å². The van der Waals surface area contributed by atoms with Gasteiger partial charge in [0.1, 0.15) is 11.7 Å². The highest BCUT2D eigenvalue weighted by molar-refractivity contribution is 5.63. The Kier molecular flexibility index (Phi) is 4.05. The number of likely N-dealkylation sites (tertiary alicyclic amines) is 1. The predicted molar refractivity (Wildman–Crippen MR) is 119 cm³/mol. The monoisotopic (exact) mass is 427 g/mol. The minimum atomic E-state index is -0.769. The van der Waals surface area contributed by atoms with Crippen molar-refractivity contribution in [2.45, 2.75) is 87.6 Å². The van der Waals surface area contributed by atoms with Gasteiger partial charge in [-0.05, 0) is 70.7 Å². The Morgan fingerprint density at radius 2 is 2.06 bits per heavy atom. The predicted octanol–water partition coefficient (Wildman–Crippen LogP) is 3.69. The van der Waals surface area contributed by atoms with Crippen molar-refractivity contribution in [1.29, 1.82) is 0 Å². The largest absolute Gasteiger partial charge is 0.493 e. The lowest BCUT2D eigenvalue weighted by Gasteiger charge is -2.74. The fourth-order valence-electron chi connectivity index (χ4n) is 9.24. The number of methoxy groups -OCH3 is 2. The van der Waals surface area contributed by atoms with Crippen LogP contribution in [0.1, 0.15) is 63.5 Å². The van der Waals surface area contributed by atoms with Gasteiger partial charge in [0.2, 0.25) is 0 Å². The number of fused-ring (bicyclic) bond motifs is 2. The van der Waals surface area contributed by atoms with E-state index in [2.05, 4.69) is 31.0 Å². The summed E-state index contributed by atoms with van der Waals surface area (Å²) >= 11 is 0. The zero-order valence-corrected chi connectivity index (χ0v) is 19.7. The van der Waals surface area contributed by atoms with Gasteiger partial charge in [-0.25, -0.2) is 0 Å². The molecule has 2 heterocycles. The molecule has 0 aromatic heterocycles. The third-order valence-corrected chi connectivity index (χ3v) is 10.3. The third-order valence-electron chi connectivity index (χ3n) is 10.3. The lowest BCUT2D eigenvalue weighted by atomic mass is 9.33. The van der Waals surface area contributed by atoms with Crippen LogP contribution >= 0.6 is 0 Å². The Bertz CT molecular complexity index is 930. The number of piperidine rings is 1. The lowest BCUT2D eigenvalue weighted by Crippen LogP contribution is -2.82. The summed E-state index contributed by atoms with van der Waals surface area (Å²) in [5, 5.41) is 11.8. The highest BCUT2D eigenvalue weighted by Crippen LogP contribution is 2.77. The maximum absolute atomic E-state index is 11.8. The highest BCUT2D eigenvalue weighted by Gasteiger charge is 2.81. The van der Waals surface area contributed by atoms with E-state index in [9.17, 15) is 5.11 Å². The standard InChI is InChI=1S/C26H37NO4/c1-6-9-23(2,28)18-15-24-10-11-26(18,30-5)22-25(24)12-13-27(3)19(24)14-16-7-8-17(29-4)21(31-22)20(16)25/h7-8,18-19,22,28H,6,9-15H2,1-5H3/t18?,19-,22?,23?,24-,25+,26-/m1/s1. The first-order valence-corrected chi connectivity index (χ1v) is 12.2. The lowest BCUT2D eigenvalue weighted by molar-refractivity contribution is -0.301. The Morgan fingerprint density at radius 3 is 2.77 bits per heavy atom. The second-order valence-electron chi connectivity index (χ2n) is 11.2. The van der Waals surface area contributed by atoms with Gasteiger partial charge in [0.25, 0.3) is 0 Å². The SMILES string of the molecule is CCCC(C)(O)C1C[C@@]23CC[C@]1(OC)C1Oc4c(OC)ccc5c4[C@@]12CCN(C)[C@@H]3C5. The molecule has 7 atom stereocenters. The summed E-state index contributed by atoms with van der Waals surface area (Å²) in [6.07, 6.45) is 6.95. The smallest absolute Gasteiger partial charge is 0.165 e. The normalized spacial score (nSPS) is 43.9. The van der Waals surface area contributed by atoms with Crippen molar-refractivity contribution < 1.29 is 19.3 Å². The molecule has 170 valence electrons. The van der Waals surface area contributed by atoms with Crippen LogP contribution in [0.4, 0.5) is 0 Å². The second kappa shape index (κ2) is 6.18. The molecule has 2 aliphatic heterocycles. The van der Waals surface area contributed by atoms with E-state index in [1.54, 1.807) is 7.11 Å². The van der Waals surface area contributed by atoms with E-state index in [0.717, 1.165) is 63.0 Å². The summed E-state index contributed by atoms with van der Waals surface area (Å²) in [5.41, 5.74) is 1.66. The molecule has 4 aliphatic carbocycles. The molecule has 5 nitrogen and oxygen atoms in total. The molecular weight excluding hydrogens is 390 g/mol. The van der Waals surface area contributed by atoms with Gasteiger partial charge in [-0.3, -0.25) is 0 Å². The van der Waals surface area contributed by atoms with E-state index in [0.29, 0.717) is 6.04 Å². The van der Waals surface area contributed by atoms with E-state index in [-0.39, 0.29) is 22.9 Å². The maximum Gasteiger partial charge on any atom is 0.165 e. The van der Waals surface area contributed by atoms with Crippen LogP contribution in [0.5, 0.6) is 11.5 Å². The minimum absolute atomic E-state index is 0.0469. The van der Waals surface area contributed by atoms with Crippen molar-refractivity contribution in [3.05, 3.63) is 23.3 Å². The molecule has 1 aromatic rings. The van der Waals surface area contributed by atoms with Crippen molar-refractivity contribution >= 4 is 0 Å². The van der Waals surface area contributed by atoms with E-state index in [4.69, 9.17) is 14.2 Å². The maximum atomic E-state index is 11.8. The summed E-state index contributed by atoms with van der Waals surface area (Å²) in [6, 6.07) is 4.84. The number of benzene rings is 1. The van der Waals surface area contributed by atoms with Crippen LogP contribution in [-0.2, 0) is 16.6 Å².